The minimum Gasteiger partial charge on any atom is -0.344 e. The van der Waals surface area contributed by atoms with E-state index in [9.17, 15) is 9.46 Å². The maximum atomic E-state index is 11.4. The van der Waals surface area contributed by atoms with Gasteiger partial charge in [0.05, 0.1) is 0 Å². The van der Waals surface area contributed by atoms with E-state index in [-0.39, 0.29) is 23.1 Å². The van der Waals surface area contributed by atoms with E-state index in [1.807, 2.05) is 27.7 Å². The minimum absolute atomic E-state index is 0. The average molecular weight is 205 g/mol. The monoisotopic (exact) mass is 204 g/mol. The second kappa shape index (κ2) is 6.42. The molecule has 0 amide bonds. The third-order valence-electron chi connectivity index (χ3n) is 1.30. The largest absolute Gasteiger partial charge is 0.344 e. The lowest BCUT2D eigenvalue weighted by atomic mass is 10.3. The van der Waals surface area contributed by atoms with Crippen molar-refractivity contribution in [2.75, 3.05) is 12.3 Å². The number of hydrogen-bond donors (Lipinski definition) is 1. The van der Waals surface area contributed by atoms with Gasteiger partial charge in [0.25, 0.3) is 0 Å². The van der Waals surface area contributed by atoms with Gasteiger partial charge in [-0.3, -0.25) is 4.57 Å². The van der Waals surface area contributed by atoms with E-state index in [4.69, 9.17) is 0 Å². The zero-order chi connectivity index (χ0) is 9.07. The molecule has 0 aliphatic heterocycles. The Bertz CT molecular complexity index is 143. The van der Waals surface area contributed by atoms with Crippen LogP contribution in [0.2, 0.25) is 0 Å². The van der Waals surface area contributed by atoms with E-state index >= 15 is 0 Å². The topological polar surface area (TPSA) is 37.3 Å². The fraction of sp³-hybridized carbons (Fsp3) is 1.00. The van der Waals surface area contributed by atoms with Gasteiger partial charge in [-0.05, 0) is 11.8 Å². The van der Waals surface area contributed by atoms with Crippen molar-refractivity contribution in [2.45, 2.75) is 27.7 Å². The molecule has 72 valence electrons. The first-order chi connectivity index (χ1) is 4.83. The summed E-state index contributed by atoms with van der Waals surface area (Å²) >= 11 is 0. The van der Waals surface area contributed by atoms with Crippen LogP contribution < -0.4 is 0 Å². The van der Waals surface area contributed by atoms with Gasteiger partial charge in [0, 0.05) is 12.3 Å². The second-order valence-corrected chi connectivity index (χ2v) is 6.42. The lowest BCUT2D eigenvalue weighted by Gasteiger charge is -2.15. The van der Waals surface area contributed by atoms with Crippen LogP contribution in [0.15, 0.2) is 0 Å². The van der Waals surface area contributed by atoms with Crippen LogP contribution >= 0.6 is 7.37 Å². The van der Waals surface area contributed by atoms with Crippen LogP contribution in [0.5, 0.6) is 0 Å². The maximum Gasteiger partial charge on any atom is 0.316 e. The molecule has 0 bridgehead atoms. The fourth-order valence-corrected chi connectivity index (χ4v) is 3.65. The predicted octanol–water partition coefficient (Wildman–Crippen LogP) is 1.65. The van der Waals surface area contributed by atoms with Gasteiger partial charge in [-0.2, -0.15) is 0 Å². The van der Waals surface area contributed by atoms with Gasteiger partial charge in [-0.1, -0.05) is 27.7 Å². The Morgan fingerprint density at radius 2 is 1.33 bits per heavy atom. The molecule has 0 aromatic heterocycles. The average Bonchev–Trinajstić information content (AvgIpc) is 1.53. The van der Waals surface area contributed by atoms with E-state index in [0.29, 0.717) is 24.2 Å². The third kappa shape index (κ3) is 9.05. The summed E-state index contributed by atoms with van der Waals surface area (Å²) in [6, 6.07) is 0. The molecular weight excluding hydrogens is 183 g/mol. The zero-order valence-electron chi connectivity index (χ0n) is 7.87. The Hall–Kier alpha value is 0.956. The first-order valence-electron chi connectivity index (χ1n) is 4.14. The minimum atomic E-state index is -2.80. The van der Waals surface area contributed by atoms with Crippen LogP contribution in [0.4, 0.5) is 0 Å². The van der Waals surface area contributed by atoms with Crippen molar-refractivity contribution in [3.8, 4) is 0 Å². The molecule has 0 unspecified atom stereocenters. The summed E-state index contributed by atoms with van der Waals surface area (Å²) in [6.45, 7) is 7.90. The molecular formula is C8H21MgO2P. The molecule has 0 radical (unpaired) electrons. The lowest BCUT2D eigenvalue weighted by molar-refractivity contribution is 0.459. The summed E-state index contributed by atoms with van der Waals surface area (Å²) in [7, 11) is -2.80. The Morgan fingerprint density at radius 1 is 1.08 bits per heavy atom. The summed E-state index contributed by atoms with van der Waals surface area (Å²) in [5.74, 6) is 0.647. The molecule has 0 aliphatic rings. The quantitative estimate of drug-likeness (QED) is 0.559. The van der Waals surface area contributed by atoms with Crippen molar-refractivity contribution in [2.24, 2.45) is 11.8 Å². The summed E-state index contributed by atoms with van der Waals surface area (Å²) in [5.41, 5.74) is 0. The van der Waals surface area contributed by atoms with E-state index in [2.05, 4.69) is 0 Å². The lowest BCUT2D eigenvalue weighted by Crippen LogP contribution is -2.05. The molecule has 0 saturated carbocycles. The smallest absolute Gasteiger partial charge is 0.316 e. The van der Waals surface area contributed by atoms with Crippen LogP contribution in [0.3, 0.4) is 0 Å². The molecule has 0 heterocycles. The highest BCUT2D eigenvalue weighted by Gasteiger charge is 2.20. The summed E-state index contributed by atoms with van der Waals surface area (Å²) < 4.78 is 11.4. The van der Waals surface area contributed by atoms with Crippen molar-refractivity contribution in [3.63, 3.8) is 0 Å². The number of rotatable bonds is 4. The highest BCUT2D eigenvalue weighted by atomic mass is 31.2. The van der Waals surface area contributed by atoms with E-state index in [1.54, 1.807) is 0 Å². The highest BCUT2D eigenvalue weighted by Crippen LogP contribution is 2.43. The van der Waals surface area contributed by atoms with E-state index < -0.39 is 7.37 Å². The Morgan fingerprint density at radius 3 is 1.50 bits per heavy atom. The van der Waals surface area contributed by atoms with Crippen molar-refractivity contribution >= 4 is 30.4 Å². The molecule has 0 fully saturated rings. The zero-order valence-corrected chi connectivity index (χ0v) is 8.77. The molecule has 4 heteroatoms. The van der Waals surface area contributed by atoms with E-state index in [1.165, 1.54) is 0 Å². The molecule has 0 atom stereocenters. The van der Waals surface area contributed by atoms with Gasteiger partial charge in [0.2, 0.25) is 7.37 Å². The van der Waals surface area contributed by atoms with Crippen molar-refractivity contribution in [1.82, 2.24) is 0 Å². The maximum absolute atomic E-state index is 11.4. The number of hydrogen-bond acceptors (Lipinski definition) is 1. The first-order valence-corrected chi connectivity index (χ1v) is 6.17. The Balaban J connectivity index is 0. The van der Waals surface area contributed by atoms with Crippen molar-refractivity contribution < 1.29 is 9.46 Å². The van der Waals surface area contributed by atoms with Crippen molar-refractivity contribution in [3.05, 3.63) is 0 Å². The fourth-order valence-electron chi connectivity index (χ4n) is 1.22. The van der Waals surface area contributed by atoms with Gasteiger partial charge in [0.1, 0.15) is 0 Å². The standard InChI is InChI=1S/C8H19O2P.Mg.2H/c1-7(2)5-11(9,10)6-8(3)4;;;/h7-8H,5-6H2,1-4H3,(H,9,10);;;. The van der Waals surface area contributed by atoms with Gasteiger partial charge < -0.3 is 4.89 Å². The second-order valence-electron chi connectivity index (χ2n) is 4.00. The summed E-state index contributed by atoms with van der Waals surface area (Å²) in [4.78, 5) is 9.41. The van der Waals surface area contributed by atoms with E-state index in [0.717, 1.165) is 0 Å². The summed E-state index contributed by atoms with van der Waals surface area (Å²) in [5, 5.41) is 0. The molecule has 0 spiro atoms. The Labute approximate surface area is 91.7 Å². The molecule has 1 N–H and O–H groups in total. The first kappa shape index (κ1) is 15.4. The molecule has 0 saturated heterocycles. The van der Waals surface area contributed by atoms with Gasteiger partial charge in [-0.15, -0.1) is 0 Å². The van der Waals surface area contributed by atoms with Gasteiger partial charge in [-0.25, -0.2) is 0 Å². The summed E-state index contributed by atoms with van der Waals surface area (Å²) in [6.07, 6.45) is 0.927. The van der Waals surface area contributed by atoms with Crippen LogP contribution in [0.1, 0.15) is 27.7 Å². The van der Waals surface area contributed by atoms with Gasteiger partial charge >= 0.3 is 23.1 Å². The predicted molar refractivity (Wildman–Crippen MR) is 57.8 cm³/mol. The molecule has 2 nitrogen and oxygen atoms in total. The van der Waals surface area contributed by atoms with Crippen LogP contribution in [-0.4, -0.2) is 40.3 Å². The Kier molecular flexibility index (Phi) is 8.25. The molecule has 0 aliphatic carbocycles. The van der Waals surface area contributed by atoms with Crippen LogP contribution in [0.25, 0.3) is 0 Å². The molecule has 0 aromatic carbocycles. The highest BCUT2D eigenvalue weighted by molar-refractivity contribution is 7.58. The van der Waals surface area contributed by atoms with Crippen LogP contribution in [0, 0.1) is 11.8 Å². The molecule has 0 aromatic rings. The molecule has 12 heavy (non-hydrogen) atoms. The third-order valence-corrected chi connectivity index (χ3v) is 3.90. The van der Waals surface area contributed by atoms with Crippen LogP contribution in [-0.2, 0) is 4.57 Å². The van der Waals surface area contributed by atoms with Gasteiger partial charge in [0.15, 0.2) is 0 Å². The SMILES string of the molecule is CC(C)CP(=O)(O)CC(C)C.[MgH2]. The van der Waals surface area contributed by atoms with Crippen molar-refractivity contribution in [1.29, 1.82) is 0 Å². The molecule has 0 rings (SSSR count). The normalized spacial score (nSPS) is 11.9.